The minimum atomic E-state index is -3.09. The van der Waals surface area contributed by atoms with E-state index < -0.39 is 15.8 Å². The van der Waals surface area contributed by atoms with Crippen molar-refractivity contribution in [2.75, 3.05) is 19.0 Å². The van der Waals surface area contributed by atoms with Gasteiger partial charge in [-0.15, -0.1) is 0 Å². The number of anilines is 2. The number of ether oxygens (including phenoxy) is 3. The summed E-state index contributed by atoms with van der Waals surface area (Å²) in [5, 5.41) is 4.05. The molecule has 2 N–H and O–H groups in total. The van der Waals surface area contributed by atoms with E-state index >= 15 is 0 Å². The molecule has 4 aromatic rings. The number of pyridine rings is 1. The van der Waals surface area contributed by atoms with E-state index in [4.69, 9.17) is 14.2 Å². The molecule has 1 amide bonds. The molecule has 0 aliphatic heterocycles. The van der Waals surface area contributed by atoms with E-state index in [9.17, 15) is 9.00 Å². The van der Waals surface area contributed by atoms with E-state index in [0.717, 1.165) is 22.3 Å². The fraction of sp³-hybridized carbons (Fsp3) is 0.192. The molecule has 0 aliphatic rings. The first-order chi connectivity index (χ1) is 17.8. The highest BCUT2D eigenvalue weighted by molar-refractivity contribution is 7.99. The predicted octanol–water partition coefficient (Wildman–Crippen LogP) is 4.40. The van der Waals surface area contributed by atoms with Gasteiger partial charge in [-0.2, -0.15) is 0 Å². The first-order valence-corrected chi connectivity index (χ1v) is 13.1. The second kappa shape index (κ2) is 11.1. The molecule has 2 aromatic heterocycles. The molecule has 1 unspecified atom stereocenters. The molecule has 10 nitrogen and oxygen atoms in total. The number of hydrogen-bond acceptors (Lipinski definition) is 9. The molecule has 1 atom stereocenters. The first kappa shape index (κ1) is 25.7. The van der Waals surface area contributed by atoms with Crippen molar-refractivity contribution < 1.29 is 23.2 Å². The fourth-order valence-electron chi connectivity index (χ4n) is 3.55. The van der Waals surface area contributed by atoms with E-state index in [1.807, 2.05) is 31.2 Å². The van der Waals surface area contributed by atoms with Crippen molar-refractivity contribution >= 4 is 44.1 Å². The Morgan fingerprint density at radius 2 is 1.92 bits per heavy atom. The SMILES string of the molecule is C=S(=O)(NC(=O)OCC)c1cccc(COc2cc3ncnc(Nc4ccnc(C)c4)c3cc2OC)c1. The summed E-state index contributed by atoms with van der Waals surface area (Å²) in [5.41, 5.74) is 3.12. The lowest BCUT2D eigenvalue weighted by molar-refractivity contribution is 0.159. The summed E-state index contributed by atoms with van der Waals surface area (Å²) >= 11 is 0. The number of aromatic nitrogens is 3. The van der Waals surface area contributed by atoms with Crippen molar-refractivity contribution in [1.29, 1.82) is 0 Å². The summed E-state index contributed by atoms with van der Waals surface area (Å²) in [4.78, 5) is 25.1. The third-order valence-corrected chi connectivity index (χ3v) is 6.79. The summed E-state index contributed by atoms with van der Waals surface area (Å²) in [6.45, 7) is 3.89. The van der Waals surface area contributed by atoms with E-state index in [2.05, 4.69) is 30.9 Å². The monoisotopic (exact) mass is 521 g/mol. The van der Waals surface area contributed by atoms with Crippen molar-refractivity contribution in [1.82, 2.24) is 19.7 Å². The summed E-state index contributed by atoms with van der Waals surface area (Å²) in [6.07, 6.45) is 2.41. The van der Waals surface area contributed by atoms with Crippen LogP contribution in [0.2, 0.25) is 0 Å². The molecule has 2 aromatic carbocycles. The van der Waals surface area contributed by atoms with Gasteiger partial charge in [0.15, 0.2) is 11.5 Å². The molecule has 2 heterocycles. The van der Waals surface area contributed by atoms with Crippen LogP contribution in [-0.2, 0) is 21.1 Å². The molecule has 192 valence electrons. The Balaban J connectivity index is 1.56. The van der Waals surface area contributed by atoms with Gasteiger partial charge in [0.1, 0.15) is 18.8 Å². The molecule has 0 spiro atoms. The van der Waals surface area contributed by atoms with Gasteiger partial charge in [-0.3, -0.25) is 4.98 Å². The van der Waals surface area contributed by atoms with Crippen LogP contribution < -0.4 is 19.5 Å². The lowest BCUT2D eigenvalue weighted by Crippen LogP contribution is -2.31. The average molecular weight is 522 g/mol. The zero-order valence-corrected chi connectivity index (χ0v) is 21.5. The van der Waals surface area contributed by atoms with E-state index in [1.165, 1.54) is 6.33 Å². The van der Waals surface area contributed by atoms with Crippen LogP contribution in [-0.4, -0.2) is 44.8 Å². The van der Waals surface area contributed by atoms with Crippen LogP contribution in [0.1, 0.15) is 18.2 Å². The Morgan fingerprint density at radius 1 is 1.08 bits per heavy atom. The smallest absolute Gasteiger partial charge is 0.418 e. The minimum Gasteiger partial charge on any atom is -0.493 e. The van der Waals surface area contributed by atoms with Crippen LogP contribution in [0, 0.1) is 6.92 Å². The van der Waals surface area contributed by atoms with Crippen LogP contribution in [0.3, 0.4) is 0 Å². The lowest BCUT2D eigenvalue weighted by Gasteiger charge is -2.15. The third kappa shape index (κ3) is 6.25. The van der Waals surface area contributed by atoms with Crippen molar-refractivity contribution in [2.45, 2.75) is 25.3 Å². The number of rotatable bonds is 9. The van der Waals surface area contributed by atoms with Crippen molar-refractivity contribution in [3.63, 3.8) is 0 Å². The molecule has 0 saturated heterocycles. The summed E-state index contributed by atoms with van der Waals surface area (Å²) in [6, 6.07) is 14.2. The van der Waals surface area contributed by atoms with Gasteiger partial charge < -0.3 is 19.5 Å². The molecule has 0 saturated carbocycles. The number of methoxy groups -OCH3 is 1. The number of carbonyl (C=O) groups excluding carboxylic acids is 1. The maximum Gasteiger partial charge on any atom is 0.418 e. The number of hydrogen-bond donors (Lipinski definition) is 2. The van der Waals surface area contributed by atoms with Gasteiger partial charge in [0.25, 0.3) is 0 Å². The normalized spacial score (nSPS) is 12.4. The van der Waals surface area contributed by atoms with Gasteiger partial charge in [-0.1, -0.05) is 12.1 Å². The van der Waals surface area contributed by atoms with E-state index in [-0.39, 0.29) is 13.2 Å². The number of amides is 1. The Kier molecular flexibility index (Phi) is 7.73. The molecule has 0 aliphatic carbocycles. The molecule has 37 heavy (non-hydrogen) atoms. The first-order valence-electron chi connectivity index (χ1n) is 11.3. The largest absolute Gasteiger partial charge is 0.493 e. The second-order valence-electron chi connectivity index (χ2n) is 7.99. The molecule has 0 bridgehead atoms. The highest BCUT2D eigenvalue weighted by Crippen LogP contribution is 2.35. The van der Waals surface area contributed by atoms with Crippen LogP contribution in [0.15, 0.2) is 66.0 Å². The van der Waals surface area contributed by atoms with Gasteiger partial charge in [-0.05, 0) is 55.6 Å². The number of nitrogens with one attached hydrogen (secondary N) is 2. The van der Waals surface area contributed by atoms with Crippen LogP contribution in [0.5, 0.6) is 11.5 Å². The van der Waals surface area contributed by atoms with Gasteiger partial charge in [-0.25, -0.2) is 23.7 Å². The Morgan fingerprint density at radius 3 is 2.68 bits per heavy atom. The number of nitrogens with zero attached hydrogens (tertiary/aromatic N) is 3. The van der Waals surface area contributed by atoms with Crippen molar-refractivity contribution in [2.24, 2.45) is 0 Å². The molecule has 0 fully saturated rings. The zero-order chi connectivity index (χ0) is 26.4. The summed E-state index contributed by atoms with van der Waals surface area (Å²) < 4.78 is 31.7. The van der Waals surface area contributed by atoms with Gasteiger partial charge in [0.2, 0.25) is 0 Å². The Bertz CT molecular complexity index is 1540. The highest BCUT2D eigenvalue weighted by Gasteiger charge is 2.15. The number of benzene rings is 2. The van der Waals surface area contributed by atoms with Crippen molar-refractivity contribution in [3.8, 4) is 11.5 Å². The predicted molar refractivity (Wildman–Crippen MR) is 143 cm³/mol. The number of aryl methyl sites for hydroxylation is 1. The maximum atomic E-state index is 12.9. The molecule has 4 rings (SSSR count). The minimum absolute atomic E-state index is 0.150. The van der Waals surface area contributed by atoms with Gasteiger partial charge >= 0.3 is 6.09 Å². The zero-order valence-electron chi connectivity index (χ0n) is 20.7. The lowest BCUT2D eigenvalue weighted by atomic mass is 10.2. The summed E-state index contributed by atoms with van der Waals surface area (Å²) in [7, 11) is -1.54. The topological polar surface area (TPSA) is 125 Å². The van der Waals surface area contributed by atoms with Crippen LogP contribution in [0.4, 0.5) is 16.3 Å². The third-order valence-electron chi connectivity index (χ3n) is 5.28. The van der Waals surface area contributed by atoms with E-state index in [0.29, 0.717) is 27.7 Å². The van der Waals surface area contributed by atoms with Gasteiger partial charge in [0.05, 0.1) is 33.8 Å². The standard InChI is InChI=1S/C26H27N5O5S/c1-5-35-26(32)31-37(4,33)20-8-6-7-18(12-20)15-36-24-14-22-21(13-23(24)34-3)25(29-16-28-22)30-19-9-10-27-17(2)11-19/h6-14,16H,4-5,15H2,1-3H3,(H,31,32,33)(H,27,28,29,30). The Labute approximate surface area is 215 Å². The molecule has 0 radical (unpaired) electrons. The number of carbonyl (C=O) groups is 1. The van der Waals surface area contributed by atoms with Crippen LogP contribution in [0.25, 0.3) is 10.9 Å². The molecule has 11 heteroatoms. The van der Waals surface area contributed by atoms with E-state index in [1.54, 1.807) is 44.5 Å². The molecular weight excluding hydrogens is 494 g/mol. The average Bonchev–Trinajstić information content (AvgIpc) is 2.87. The van der Waals surface area contributed by atoms with Gasteiger partial charge in [0, 0.05) is 29.0 Å². The van der Waals surface area contributed by atoms with Crippen LogP contribution >= 0.6 is 0 Å². The second-order valence-corrected chi connectivity index (χ2v) is 10.0. The molecular formula is C26H27N5O5S. The fourth-order valence-corrected chi connectivity index (χ4v) is 4.64. The Hall–Kier alpha value is -4.38. The number of fused-ring (bicyclic) bond motifs is 1. The summed E-state index contributed by atoms with van der Waals surface area (Å²) in [5.74, 6) is 5.25. The highest BCUT2D eigenvalue weighted by atomic mass is 32.2. The van der Waals surface area contributed by atoms with Crippen molar-refractivity contribution in [3.05, 3.63) is 72.3 Å². The maximum absolute atomic E-state index is 12.9. The quantitative estimate of drug-likeness (QED) is 0.308.